The van der Waals surface area contributed by atoms with E-state index in [0.29, 0.717) is 17.0 Å². The van der Waals surface area contributed by atoms with Crippen LogP contribution in [0.1, 0.15) is 24.0 Å². The number of nitrogens with one attached hydrogen (secondary N) is 1. The Bertz CT molecular complexity index is 892. The van der Waals surface area contributed by atoms with Gasteiger partial charge in [-0.15, -0.1) is 0 Å². The highest BCUT2D eigenvalue weighted by atomic mass is 19.1. The first-order valence-electron chi connectivity index (χ1n) is 9.71. The minimum Gasteiger partial charge on any atom is -0.484 e. The van der Waals surface area contributed by atoms with Crippen molar-refractivity contribution in [2.24, 2.45) is 5.10 Å². The van der Waals surface area contributed by atoms with E-state index >= 15 is 0 Å². The van der Waals surface area contributed by atoms with Crippen LogP contribution >= 0.6 is 0 Å². The lowest BCUT2D eigenvalue weighted by Crippen LogP contribution is -2.24. The standard InChI is InChI=1S/C22H27FN4O2/c1-16-11-21(27-9-4-5-10-27)20(23)12-17(16)14-24-25-22(28)15-29-19-8-6-7-18(13-19)26(2)3/h6-8,11-14H,4-5,9-10,15H2,1-3H3,(H,25,28)/b24-14+. The lowest BCUT2D eigenvalue weighted by molar-refractivity contribution is -0.123. The molecular formula is C22H27FN4O2. The first-order chi connectivity index (χ1) is 13.9. The molecule has 0 saturated carbocycles. The SMILES string of the molecule is Cc1cc(N2CCCC2)c(F)cc1/C=N/NC(=O)COc1cccc(N(C)C)c1. The van der Waals surface area contributed by atoms with Gasteiger partial charge in [-0.05, 0) is 49.6 Å². The smallest absolute Gasteiger partial charge is 0.277 e. The van der Waals surface area contributed by atoms with Gasteiger partial charge in [0.15, 0.2) is 6.61 Å². The van der Waals surface area contributed by atoms with Crippen molar-refractivity contribution in [1.82, 2.24) is 5.43 Å². The second-order valence-corrected chi connectivity index (χ2v) is 7.33. The number of anilines is 2. The van der Waals surface area contributed by atoms with E-state index in [0.717, 1.165) is 37.2 Å². The molecule has 1 amide bonds. The molecule has 1 fully saturated rings. The molecule has 0 aromatic heterocycles. The second kappa shape index (κ2) is 9.41. The molecule has 2 aromatic rings. The molecule has 6 nitrogen and oxygen atoms in total. The number of benzene rings is 2. The van der Waals surface area contributed by atoms with Gasteiger partial charge in [-0.25, -0.2) is 9.82 Å². The van der Waals surface area contributed by atoms with Gasteiger partial charge in [0.05, 0.1) is 11.9 Å². The Hall–Kier alpha value is -3.09. The molecule has 1 aliphatic rings. The van der Waals surface area contributed by atoms with Gasteiger partial charge in [-0.1, -0.05) is 6.07 Å². The van der Waals surface area contributed by atoms with Gasteiger partial charge in [-0.2, -0.15) is 5.10 Å². The molecule has 0 atom stereocenters. The molecule has 0 aliphatic carbocycles. The van der Waals surface area contributed by atoms with E-state index in [1.54, 1.807) is 6.07 Å². The number of ether oxygens (including phenoxy) is 1. The molecule has 1 heterocycles. The van der Waals surface area contributed by atoms with E-state index in [1.165, 1.54) is 12.3 Å². The van der Waals surface area contributed by atoms with Crippen LogP contribution in [0.2, 0.25) is 0 Å². The van der Waals surface area contributed by atoms with Gasteiger partial charge in [-0.3, -0.25) is 4.79 Å². The predicted octanol–water partition coefficient (Wildman–Crippen LogP) is 3.33. The average molecular weight is 398 g/mol. The molecular weight excluding hydrogens is 371 g/mol. The molecule has 2 aromatic carbocycles. The van der Waals surface area contributed by atoms with E-state index in [9.17, 15) is 9.18 Å². The zero-order valence-electron chi connectivity index (χ0n) is 17.1. The molecule has 0 unspecified atom stereocenters. The van der Waals surface area contributed by atoms with E-state index in [1.807, 2.05) is 50.2 Å². The van der Waals surface area contributed by atoms with Crippen LogP contribution in [0.4, 0.5) is 15.8 Å². The largest absolute Gasteiger partial charge is 0.484 e. The van der Waals surface area contributed by atoms with Gasteiger partial charge in [0, 0.05) is 44.5 Å². The number of halogens is 1. The number of hydrazone groups is 1. The molecule has 1 aliphatic heterocycles. The minimum absolute atomic E-state index is 0.157. The van der Waals surface area contributed by atoms with Gasteiger partial charge >= 0.3 is 0 Å². The normalized spacial score (nSPS) is 13.7. The maximum atomic E-state index is 14.5. The van der Waals surface area contributed by atoms with Crippen LogP contribution in [0.5, 0.6) is 5.75 Å². The number of carbonyl (C=O) groups excluding carboxylic acids is 1. The quantitative estimate of drug-likeness (QED) is 0.574. The van der Waals surface area contributed by atoms with Crippen LogP contribution in [0.15, 0.2) is 41.5 Å². The van der Waals surface area contributed by atoms with Crippen molar-refractivity contribution in [3.8, 4) is 5.75 Å². The number of amides is 1. The van der Waals surface area contributed by atoms with Gasteiger partial charge in [0.25, 0.3) is 5.91 Å². The Morgan fingerprint density at radius 2 is 2.03 bits per heavy atom. The highest BCUT2D eigenvalue weighted by Crippen LogP contribution is 2.26. The zero-order chi connectivity index (χ0) is 20.8. The predicted molar refractivity (Wildman–Crippen MR) is 115 cm³/mol. The maximum Gasteiger partial charge on any atom is 0.277 e. The fraction of sp³-hybridized carbons (Fsp3) is 0.364. The molecule has 0 spiro atoms. The average Bonchev–Trinajstić information content (AvgIpc) is 3.23. The van der Waals surface area contributed by atoms with E-state index in [2.05, 4.69) is 15.4 Å². The molecule has 7 heteroatoms. The van der Waals surface area contributed by atoms with Crippen molar-refractivity contribution >= 4 is 23.5 Å². The van der Waals surface area contributed by atoms with Crippen molar-refractivity contribution in [2.45, 2.75) is 19.8 Å². The summed E-state index contributed by atoms with van der Waals surface area (Å²) in [6.07, 6.45) is 3.64. The van der Waals surface area contributed by atoms with Gasteiger partial charge < -0.3 is 14.5 Å². The number of nitrogens with zero attached hydrogens (tertiary/aromatic N) is 3. The van der Waals surface area contributed by atoms with Crippen molar-refractivity contribution in [2.75, 3.05) is 43.6 Å². The summed E-state index contributed by atoms with van der Waals surface area (Å²) in [6, 6.07) is 10.8. The topological polar surface area (TPSA) is 57.2 Å². The first kappa shape index (κ1) is 20.6. The third kappa shape index (κ3) is 5.47. The monoisotopic (exact) mass is 398 g/mol. The molecule has 154 valence electrons. The summed E-state index contributed by atoms with van der Waals surface area (Å²) in [7, 11) is 3.87. The van der Waals surface area contributed by atoms with Crippen LogP contribution in [0, 0.1) is 12.7 Å². The minimum atomic E-state index is -0.386. The summed E-state index contributed by atoms with van der Waals surface area (Å²) in [5, 5.41) is 3.94. The summed E-state index contributed by atoms with van der Waals surface area (Å²) >= 11 is 0. The summed E-state index contributed by atoms with van der Waals surface area (Å²) < 4.78 is 20.0. The number of hydrogen-bond acceptors (Lipinski definition) is 5. The lowest BCUT2D eigenvalue weighted by atomic mass is 10.1. The van der Waals surface area contributed by atoms with Crippen molar-refractivity contribution in [3.05, 3.63) is 53.3 Å². The molecule has 1 saturated heterocycles. The van der Waals surface area contributed by atoms with Crippen molar-refractivity contribution in [3.63, 3.8) is 0 Å². The number of carbonyl (C=O) groups is 1. The zero-order valence-corrected chi connectivity index (χ0v) is 17.1. The Kier molecular flexibility index (Phi) is 6.69. The van der Waals surface area contributed by atoms with Crippen molar-refractivity contribution in [1.29, 1.82) is 0 Å². The molecule has 3 rings (SSSR count). The summed E-state index contributed by atoms with van der Waals surface area (Å²) in [4.78, 5) is 16.0. The van der Waals surface area contributed by atoms with Crippen LogP contribution in [-0.4, -0.2) is 45.9 Å². The highest BCUT2D eigenvalue weighted by Gasteiger charge is 2.17. The fourth-order valence-electron chi connectivity index (χ4n) is 3.23. The van der Waals surface area contributed by atoms with Gasteiger partial charge in [0.1, 0.15) is 11.6 Å². The number of hydrogen-bond donors (Lipinski definition) is 1. The third-order valence-corrected chi connectivity index (χ3v) is 4.88. The first-order valence-corrected chi connectivity index (χ1v) is 9.71. The summed E-state index contributed by atoms with van der Waals surface area (Å²) in [5.41, 5.74) is 5.57. The van der Waals surface area contributed by atoms with E-state index in [-0.39, 0.29) is 18.3 Å². The molecule has 0 bridgehead atoms. The van der Waals surface area contributed by atoms with Crippen LogP contribution in [0.25, 0.3) is 0 Å². The van der Waals surface area contributed by atoms with Crippen LogP contribution in [0.3, 0.4) is 0 Å². The Balaban J connectivity index is 1.54. The molecule has 29 heavy (non-hydrogen) atoms. The lowest BCUT2D eigenvalue weighted by Gasteiger charge is -2.19. The Labute approximate surface area is 171 Å². The van der Waals surface area contributed by atoms with Crippen LogP contribution < -0.4 is 20.0 Å². The molecule has 0 radical (unpaired) electrons. The Morgan fingerprint density at radius 3 is 2.76 bits per heavy atom. The number of aryl methyl sites for hydroxylation is 1. The summed E-state index contributed by atoms with van der Waals surface area (Å²) in [5.74, 6) is -0.0524. The molecule has 1 N–H and O–H groups in total. The summed E-state index contributed by atoms with van der Waals surface area (Å²) in [6.45, 7) is 3.52. The highest BCUT2D eigenvalue weighted by molar-refractivity contribution is 5.85. The fourth-order valence-corrected chi connectivity index (χ4v) is 3.23. The van der Waals surface area contributed by atoms with Crippen LogP contribution in [-0.2, 0) is 4.79 Å². The van der Waals surface area contributed by atoms with E-state index in [4.69, 9.17) is 4.74 Å². The maximum absolute atomic E-state index is 14.5. The third-order valence-electron chi connectivity index (χ3n) is 4.88. The second-order valence-electron chi connectivity index (χ2n) is 7.33. The van der Waals surface area contributed by atoms with Gasteiger partial charge in [0.2, 0.25) is 0 Å². The van der Waals surface area contributed by atoms with Crippen molar-refractivity contribution < 1.29 is 13.9 Å². The Morgan fingerprint density at radius 1 is 1.28 bits per heavy atom. The number of rotatable bonds is 7. The van der Waals surface area contributed by atoms with E-state index < -0.39 is 0 Å².